The number of rotatable bonds is 3. The molecule has 0 saturated carbocycles. The predicted octanol–water partition coefficient (Wildman–Crippen LogP) is 1.19. The van der Waals surface area contributed by atoms with Gasteiger partial charge in [-0.05, 0) is 12.3 Å². The van der Waals surface area contributed by atoms with Gasteiger partial charge >= 0.3 is 0 Å². The molecule has 1 unspecified atom stereocenters. The van der Waals surface area contributed by atoms with E-state index in [1.165, 1.54) is 0 Å². The van der Waals surface area contributed by atoms with Crippen molar-refractivity contribution in [2.75, 3.05) is 6.61 Å². The number of aliphatic hydroxyl groups excluding tert-OH is 1. The molecule has 0 amide bonds. The van der Waals surface area contributed by atoms with E-state index in [1.54, 1.807) is 6.08 Å². The van der Waals surface area contributed by atoms with Gasteiger partial charge in [-0.1, -0.05) is 13.0 Å². The SMILES string of the molecule is C=CC(CC)CO. The van der Waals surface area contributed by atoms with E-state index in [2.05, 4.69) is 6.58 Å². The van der Waals surface area contributed by atoms with Crippen LogP contribution in [0.15, 0.2) is 12.7 Å². The fourth-order valence-corrected chi connectivity index (χ4v) is 0.370. The molecular weight excluding hydrogens is 88.1 g/mol. The largest absolute Gasteiger partial charge is 0.396 e. The van der Waals surface area contributed by atoms with Crippen LogP contribution in [0.1, 0.15) is 13.3 Å². The summed E-state index contributed by atoms with van der Waals surface area (Å²) in [7, 11) is 0. The monoisotopic (exact) mass is 100 g/mol. The minimum absolute atomic E-state index is 0.236. The maximum Gasteiger partial charge on any atom is 0.0493 e. The van der Waals surface area contributed by atoms with Gasteiger partial charge in [0.2, 0.25) is 0 Å². The van der Waals surface area contributed by atoms with Crippen LogP contribution < -0.4 is 0 Å². The summed E-state index contributed by atoms with van der Waals surface area (Å²) < 4.78 is 0. The third-order valence-electron chi connectivity index (χ3n) is 1.09. The molecule has 0 heterocycles. The Balaban J connectivity index is 3.16. The zero-order valence-electron chi connectivity index (χ0n) is 4.72. The predicted molar refractivity (Wildman–Crippen MR) is 31.1 cm³/mol. The molecule has 0 aromatic carbocycles. The minimum atomic E-state index is 0.236. The topological polar surface area (TPSA) is 20.2 Å². The lowest BCUT2D eigenvalue weighted by molar-refractivity contribution is 0.250. The summed E-state index contributed by atoms with van der Waals surface area (Å²) in [6, 6.07) is 0. The highest BCUT2D eigenvalue weighted by molar-refractivity contribution is 4.76. The van der Waals surface area contributed by atoms with Crippen LogP contribution in [0.3, 0.4) is 0 Å². The molecule has 0 rings (SSSR count). The maximum absolute atomic E-state index is 8.45. The van der Waals surface area contributed by atoms with Crippen LogP contribution in [-0.4, -0.2) is 11.7 Å². The molecule has 0 aliphatic rings. The van der Waals surface area contributed by atoms with Crippen molar-refractivity contribution in [1.82, 2.24) is 0 Å². The second kappa shape index (κ2) is 3.88. The molecule has 7 heavy (non-hydrogen) atoms. The molecule has 0 aromatic heterocycles. The van der Waals surface area contributed by atoms with Gasteiger partial charge < -0.3 is 5.11 Å². The summed E-state index contributed by atoms with van der Waals surface area (Å²) >= 11 is 0. The maximum atomic E-state index is 8.45. The van der Waals surface area contributed by atoms with E-state index in [0.29, 0.717) is 5.92 Å². The summed E-state index contributed by atoms with van der Waals surface area (Å²) in [6.07, 6.45) is 2.76. The van der Waals surface area contributed by atoms with Gasteiger partial charge in [-0.25, -0.2) is 0 Å². The lowest BCUT2D eigenvalue weighted by Crippen LogP contribution is -1.98. The Bertz CT molecular complexity index is 46.1. The average molecular weight is 100 g/mol. The first-order chi connectivity index (χ1) is 3.35. The van der Waals surface area contributed by atoms with Crippen LogP contribution in [0.2, 0.25) is 0 Å². The van der Waals surface area contributed by atoms with Gasteiger partial charge in [0.1, 0.15) is 0 Å². The van der Waals surface area contributed by atoms with Gasteiger partial charge in [-0.15, -0.1) is 6.58 Å². The Kier molecular flexibility index (Phi) is 3.71. The van der Waals surface area contributed by atoms with Crippen molar-refractivity contribution in [1.29, 1.82) is 0 Å². The molecule has 0 fully saturated rings. The Labute approximate surface area is 44.7 Å². The van der Waals surface area contributed by atoms with Crippen molar-refractivity contribution < 1.29 is 5.11 Å². The van der Waals surface area contributed by atoms with E-state index in [9.17, 15) is 0 Å². The molecule has 42 valence electrons. The molecule has 1 heteroatoms. The standard InChI is InChI=1S/C6H12O/c1-3-6(4-2)5-7/h3,6-7H,1,4-5H2,2H3. The summed E-state index contributed by atoms with van der Waals surface area (Å²) in [4.78, 5) is 0. The highest BCUT2D eigenvalue weighted by Gasteiger charge is 1.93. The lowest BCUT2D eigenvalue weighted by atomic mass is 10.1. The minimum Gasteiger partial charge on any atom is -0.396 e. The molecule has 0 bridgehead atoms. The summed E-state index contributed by atoms with van der Waals surface area (Å²) in [5.41, 5.74) is 0. The van der Waals surface area contributed by atoms with E-state index in [4.69, 9.17) is 5.11 Å². The van der Waals surface area contributed by atoms with Crippen molar-refractivity contribution in [2.45, 2.75) is 13.3 Å². The average Bonchev–Trinajstić information content (AvgIpc) is 1.72. The van der Waals surface area contributed by atoms with Crippen molar-refractivity contribution in [3.8, 4) is 0 Å². The summed E-state index contributed by atoms with van der Waals surface area (Å²) in [5, 5.41) is 8.45. The molecule has 0 aliphatic carbocycles. The Morgan fingerprint density at radius 3 is 2.43 bits per heavy atom. The van der Waals surface area contributed by atoms with Gasteiger partial charge in [0.05, 0.1) is 0 Å². The molecule has 0 radical (unpaired) electrons. The fourth-order valence-electron chi connectivity index (χ4n) is 0.370. The Morgan fingerprint density at radius 2 is 2.43 bits per heavy atom. The normalized spacial score (nSPS) is 13.4. The lowest BCUT2D eigenvalue weighted by Gasteiger charge is -2.00. The van der Waals surface area contributed by atoms with Gasteiger partial charge in [0.25, 0.3) is 0 Å². The molecule has 0 aliphatic heterocycles. The highest BCUT2D eigenvalue weighted by atomic mass is 16.3. The van der Waals surface area contributed by atoms with Crippen LogP contribution in [-0.2, 0) is 0 Å². The van der Waals surface area contributed by atoms with Gasteiger partial charge in [0, 0.05) is 6.61 Å². The summed E-state index contributed by atoms with van der Waals surface area (Å²) in [6.45, 7) is 5.81. The molecule has 1 atom stereocenters. The molecule has 0 aromatic rings. The number of hydrogen-bond donors (Lipinski definition) is 1. The second-order valence-electron chi connectivity index (χ2n) is 1.59. The van der Waals surface area contributed by atoms with Gasteiger partial charge in [-0.2, -0.15) is 0 Å². The zero-order chi connectivity index (χ0) is 5.70. The highest BCUT2D eigenvalue weighted by Crippen LogP contribution is 1.99. The van der Waals surface area contributed by atoms with E-state index in [1.807, 2.05) is 6.92 Å². The Hall–Kier alpha value is -0.300. The van der Waals surface area contributed by atoms with Crippen LogP contribution in [0.25, 0.3) is 0 Å². The third kappa shape index (κ3) is 2.40. The van der Waals surface area contributed by atoms with Gasteiger partial charge in [0.15, 0.2) is 0 Å². The first kappa shape index (κ1) is 6.70. The summed E-state index contributed by atoms with van der Waals surface area (Å²) in [5.74, 6) is 0.306. The van der Waals surface area contributed by atoms with E-state index in [-0.39, 0.29) is 6.61 Å². The molecular formula is C6H12O. The fraction of sp³-hybridized carbons (Fsp3) is 0.667. The van der Waals surface area contributed by atoms with Crippen LogP contribution in [0.5, 0.6) is 0 Å². The smallest absolute Gasteiger partial charge is 0.0493 e. The first-order valence-corrected chi connectivity index (χ1v) is 2.58. The number of hydrogen-bond acceptors (Lipinski definition) is 1. The Morgan fingerprint density at radius 1 is 1.86 bits per heavy atom. The molecule has 1 N–H and O–H groups in total. The van der Waals surface area contributed by atoms with Crippen molar-refractivity contribution in [3.05, 3.63) is 12.7 Å². The van der Waals surface area contributed by atoms with E-state index in [0.717, 1.165) is 6.42 Å². The molecule has 0 spiro atoms. The molecule has 0 saturated heterocycles. The van der Waals surface area contributed by atoms with Crippen molar-refractivity contribution in [2.24, 2.45) is 5.92 Å². The zero-order valence-corrected chi connectivity index (χ0v) is 4.72. The van der Waals surface area contributed by atoms with E-state index >= 15 is 0 Å². The van der Waals surface area contributed by atoms with Crippen LogP contribution >= 0.6 is 0 Å². The van der Waals surface area contributed by atoms with Crippen molar-refractivity contribution in [3.63, 3.8) is 0 Å². The second-order valence-corrected chi connectivity index (χ2v) is 1.59. The van der Waals surface area contributed by atoms with Crippen LogP contribution in [0, 0.1) is 5.92 Å². The third-order valence-corrected chi connectivity index (χ3v) is 1.09. The number of aliphatic hydroxyl groups is 1. The molecule has 1 nitrogen and oxygen atoms in total. The van der Waals surface area contributed by atoms with Crippen LogP contribution in [0.4, 0.5) is 0 Å². The van der Waals surface area contributed by atoms with Crippen molar-refractivity contribution >= 4 is 0 Å². The van der Waals surface area contributed by atoms with Gasteiger partial charge in [-0.3, -0.25) is 0 Å². The quantitative estimate of drug-likeness (QED) is 0.528. The van der Waals surface area contributed by atoms with E-state index < -0.39 is 0 Å². The first-order valence-electron chi connectivity index (χ1n) is 2.58.